The lowest BCUT2D eigenvalue weighted by atomic mass is 10.2. The van der Waals surface area contributed by atoms with Gasteiger partial charge < -0.3 is 13.9 Å². The molecular weight excluding hydrogens is 366 g/mol. The summed E-state index contributed by atoms with van der Waals surface area (Å²) >= 11 is 0. The van der Waals surface area contributed by atoms with Crippen molar-refractivity contribution < 1.29 is 22.3 Å². The molecule has 0 radical (unpaired) electrons. The van der Waals surface area contributed by atoms with Crippen molar-refractivity contribution in [1.29, 1.82) is 0 Å². The third-order valence-electron chi connectivity index (χ3n) is 4.14. The fraction of sp³-hybridized carbons (Fsp3) is 0.200. The van der Waals surface area contributed by atoms with Gasteiger partial charge >= 0.3 is 0 Å². The minimum Gasteiger partial charge on any atom is -0.497 e. The van der Waals surface area contributed by atoms with Gasteiger partial charge in [-0.1, -0.05) is 17.7 Å². The Morgan fingerprint density at radius 1 is 1.00 bits per heavy atom. The van der Waals surface area contributed by atoms with E-state index in [0.717, 1.165) is 5.56 Å². The number of nitrogens with zero attached hydrogens (tertiary/aromatic N) is 1. The monoisotopic (exact) mass is 387 g/mol. The molecule has 0 aliphatic carbocycles. The van der Waals surface area contributed by atoms with Crippen LogP contribution in [0.15, 0.2) is 70.2 Å². The lowest BCUT2D eigenvalue weighted by Gasteiger charge is -2.25. The Morgan fingerprint density at radius 3 is 2.33 bits per heavy atom. The summed E-state index contributed by atoms with van der Waals surface area (Å²) in [6, 6.07) is 15.4. The molecule has 0 unspecified atom stereocenters. The first kappa shape index (κ1) is 18.8. The number of hydrogen-bond acceptors (Lipinski definition) is 5. The van der Waals surface area contributed by atoms with Gasteiger partial charge in [0.1, 0.15) is 22.2 Å². The van der Waals surface area contributed by atoms with Gasteiger partial charge in [0.15, 0.2) is 0 Å². The molecule has 0 bridgehead atoms. The van der Waals surface area contributed by atoms with E-state index in [4.69, 9.17) is 13.9 Å². The van der Waals surface area contributed by atoms with Crippen LogP contribution in [0.3, 0.4) is 0 Å². The van der Waals surface area contributed by atoms with Gasteiger partial charge in [-0.15, -0.1) is 0 Å². The SMILES string of the molecule is COc1ccc(OC)c(S(=O)(=O)N(Cc2ccco2)c2ccc(C)cc2)c1. The molecule has 0 amide bonds. The van der Waals surface area contributed by atoms with Crippen molar-refractivity contribution in [3.63, 3.8) is 0 Å². The molecule has 6 nitrogen and oxygen atoms in total. The highest BCUT2D eigenvalue weighted by Gasteiger charge is 2.29. The first-order valence-corrected chi connectivity index (χ1v) is 9.73. The smallest absolute Gasteiger partial charge is 0.268 e. The summed E-state index contributed by atoms with van der Waals surface area (Å²) in [4.78, 5) is 0.0245. The number of sulfonamides is 1. The Balaban J connectivity index is 2.14. The minimum atomic E-state index is -3.95. The normalized spacial score (nSPS) is 11.2. The van der Waals surface area contributed by atoms with Gasteiger partial charge in [-0.3, -0.25) is 4.31 Å². The van der Waals surface area contributed by atoms with E-state index in [0.29, 0.717) is 17.2 Å². The molecule has 27 heavy (non-hydrogen) atoms. The van der Waals surface area contributed by atoms with E-state index < -0.39 is 10.0 Å². The average molecular weight is 387 g/mol. The molecule has 142 valence electrons. The molecule has 0 aliphatic heterocycles. The predicted molar refractivity (Wildman–Crippen MR) is 103 cm³/mol. The molecule has 0 saturated carbocycles. The molecule has 2 aromatic carbocycles. The summed E-state index contributed by atoms with van der Waals surface area (Å²) in [6.45, 7) is 2.00. The fourth-order valence-electron chi connectivity index (χ4n) is 2.67. The highest BCUT2D eigenvalue weighted by atomic mass is 32.2. The third-order valence-corrected chi connectivity index (χ3v) is 5.94. The zero-order valence-corrected chi connectivity index (χ0v) is 16.2. The van der Waals surface area contributed by atoms with E-state index in [2.05, 4.69) is 0 Å². The van der Waals surface area contributed by atoms with Crippen molar-refractivity contribution in [1.82, 2.24) is 0 Å². The average Bonchev–Trinajstić information content (AvgIpc) is 3.19. The summed E-state index contributed by atoms with van der Waals surface area (Å²) in [6.07, 6.45) is 1.52. The van der Waals surface area contributed by atoms with Gasteiger partial charge in [-0.25, -0.2) is 8.42 Å². The van der Waals surface area contributed by atoms with Crippen LogP contribution in [0, 0.1) is 6.92 Å². The molecule has 0 spiro atoms. The molecule has 7 heteroatoms. The topological polar surface area (TPSA) is 69.0 Å². The van der Waals surface area contributed by atoms with E-state index in [1.54, 1.807) is 36.4 Å². The number of rotatable bonds is 7. The highest BCUT2D eigenvalue weighted by molar-refractivity contribution is 7.92. The quantitative estimate of drug-likeness (QED) is 0.613. The number of methoxy groups -OCH3 is 2. The second-order valence-electron chi connectivity index (χ2n) is 5.94. The number of ether oxygens (including phenoxy) is 2. The van der Waals surface area contributed by atoms with Crippen LogP contribution in [0.5, 0.6) is 11.5 Å². The standard InChI is InChI=1S/C20H21NO5S/c1-15-6-8-16(9-7-15)21(14-18-5-4-12-26-18)27(22,23)20-13-17(24-2)10-11-19(20)25-3/h4-13H,14H2,1-3H3. The molecule has 0 saturated heterocycles. The van der Waals surface area contributed by atoms with Gasteiger partial charge in [0.2, 0.25) is 0 Å². The minimum absolute atomic E-state index is 0.0245. The van der Waals surface area contributed by atoms with Gasteiger partial charge in [0, 0.05) is 6.07 Å². The molecule has 0 atom stereocenters. The molecule has 3 aromatic rings. The molecule has 0 fully saturated rings. The molecule has 3 rings (SSSR count). The Bertz CT molecular complexity index is 995. The lowest BCUT2D eigenvalue weighted by Crippen LogP contribution is -2.30. The first-order chi connectivity index (χ1) is 13.0. The van der Waals surface area contributed by atoms with Crippen molar-refractivity contribution in [2.75, 3.05) is 18.5 Å². The van der Waals surface area contributed by atoms with Crippen LogP contribution in [-0.2, 0) is 16.6 Å². The molecular formula is C20H21NO5S. The van der Waals surface area contributed by atoms with E-state index >= 15 is 0 Å². The maximum Gasteiger partial charge on any atom is 0.268 e. The fourth-order valence-corrected chi connectivity index (χ4v) is 4.28. The predicted octanol–water partition coefficient (Wildman–Crippen LogP) is 4.00. The van der Waals surface area contributed by atoms with Crippen LogP contribution < -0.4 is 13.8 Å². The zero-order chi connectivity index (χ0) is 19.4. The van der Waals surface area contributed by atoms with E-state index in [-0.39, 0.29) is 17.2 Å². The molecule has 0 N–H and O–H groups in total. The maximum absolute atomic E-state index is 13.5. The number of anilines is 1. The van der Waals surface area contributed by atoms with Crippen molar-refractivity contribution in [3.05, 3.63) is 72.2 Å². The lowest BCUT2D eigenvalue weighted by molar-refractivity contribution is 0.392. The number of benzene rings is 2. The maximum atomic E-state index is 13.5. The van der Waals surface area contributed by atoms with Crippen molar-refractivity contribution in [3.8, 4) is 11.5 Å². The van der Waals surface area contributed by atoms with Crippen LogP contribution in [0.25, 0.3) is 0 Å². The summed E-state index contributed by atoms with van der Waals surface area (Å²) in [5.41, 5.74) is 1.56. The number of aryl methyl sites for hydroxylation is 1. The van der Waals surface area contributed by atoms with Gasteiger partial charge in [0.05, 0.1) is 32.7 Å². The number of furan rings is 1. The Kier molecular flexibility index (Phi) is 5.41. The van der Waals surface area contributed by atoms with Crippen LogP contribution in [0.1, 0.15) is 11.3 Å². The number of hydrogen-bond donors (Lipinski definition) is 0. The largest absolute Gasteiger partial charge is 0.497 e. The highest BCUT2D eigenvalue weighted by Crippen LogP contribution is 2.34. The third kappa shape index (κ3) is 3.93. The van der Waals surface area contributed by atoms with Crippen LogP contribution in [-0.4, -0.2) is 22.6 Å². The summed E-state index contributed by atoms with van der Waals surface area (Å²) < 4.78 is 44.2. The molecule has 0 aliphatic rings. The summed E-state index contributed by atoms with van der Waals surface area (Å²) in [5, 5.41) is 0. The van der Waals surface area contributed by atoms with E-state index in [1.165, 1.54) is 30.9 Å². The van der Waals surface area contributed by atoms with Gasteiger partial charge in [0.25, 0.3) is 10.0 Å². The zero-order valence-electron chi connectivity index (χ0n) is 15.4. The summed E-state index contributed by atoms with van der Waals surface area (Å²) in [5.74, 6) is 1.20. The Hall–Kier alpha value is -2.93. The molecule has 1 heterocycles. The molecule has 1 aromatic heterocycles. The van der Waals surface area contributed by atoms with Crippen molar-refractivity contribution >= 4 is 15.7 Å². The van der Waals surface area contributed by atoms with Gasteiger partial charge in [-0.2, -0.15) is 0 Å². The van der Waals surface area contributed by atoms with Crippen LogP contribution >= 0.6 is 0 Å². The van der Waals surface area contributed by atoms with Crippen molar-refractivity contribution in [2.24, 2.45) is 0 Å². The van der Waals surface area contributed by atoms with E-state index in [9.17, 15) is 8.42 Å². The Morgan fingerprint density at radius 2 is 1.74 bits per heavy atom. The van der Waals surface area contributed by atoms with Gasteiger partial charge in [-0.05, 0) is 43.3 Å². The summed E-state index contributed by atoms with van der Waals surface area (Å²) in [7, 11) is -1.03. The second kappa shape index (κ2) is 7.75. The Labute approximate surface area is 159 Å². The van der Waals surface area contributed by atoms with Crippen LogP contribution in [0.4, 0.5) is 5.69 Å². The van der Waals surface area contributed by atoms with E-state index in [1.807, 2.05) is 19.1 Å². The van der Waals surface area contributed by atoms with Crippen LogP contribution in [0.2, 0.25) is 0 Å². The second-order valence-corrected chi connectivity index (χ2v) is 7.77. The van der Waals surface area contributed by atoms with Crippen molar-refractivity contribution in [2.45, 2.75) is 18.4 Å². The first-order valence-electron chi connectivity index (χ1n) is 8.29.